The fraction of sp³-hybridized carbons (Fsp3) is 0.160. The van der Waals surface area contributed by atoms with Gasteiger partial charge in [0, 0.05) is 42.0 Å². The van der Waals surface area contributed by atoms with E-state index in [-0.39, 0.29) is 17.2 Å². The summed E-state index contributed by atoms with van der Waals surface area (Å²) in [7, 11) is 5.74. The van der Waals surface area contributed by atoms with Crippen LogP contribution in [0.25, 0.3) is 22.0 Å². The lowest BCUT2D eigenvalue weighted by Gasteiger charge is -2.11. The lowest BCUT2D eigenvalue weighted by atomic mass is 10.0. The minimum atomic E-state index is -0.366. The highest BCUT2D eigenvalue weighted by Gasteiger charge is 2.16. The van der Waals surface area contributed by atoms with Crippen LogP contribution in [-0.2, 0) is 13.6 Å². The second-order valence-corrected chi connectivity index (χ2v) is 8.06. The third-order valence-corrected chi connectivity index (χ3v) is 5.28. The molecule has 0 bridgehead atoms. The topological polar surface area (TPSA) is 87.2 Å². The number of carbonyl (C=O) groups excluding carboxylic acids is 2. The number of hydrogen-bond donors (Lipinski definition) is 2. The van der Waals surface area contributed by atoms with Crippen LogP contribution in [0.15, 0.2) is 65.6 Å². The number of nitrogens with zero attached hydrogens (tertiary/aromatic N) is 2. The van der Waals surface area contributed by atoms with E-state index in [0.717, 1.165) is 24.0 Å². The molecule has 2 heterocycles. The molecule has 2 N–H and O–H groups in total. The summed E-state index contributed by atoms with van der Waals surface area (Å²) in [6.07, 6.45) is 2.53. The molecule has 162 valence electrons. The van der Waals surface area contributed by atoms with Gasteiger partial charge in [-0.1, -0.05) is 24.3 Å². The van der Waals surface area contributed by atoms with Gasteiger partial charge in [0.2, 0.25) is 0 Å². The van der Waals surface area contributed by atoms with Crippen molar-refractivity contribution in [2.45, 2.75) is 6.54 Å². The Morgan fingerprint density at radius 2 is 1.78 bits per heavy atom. The largest absolute Gasteiger partial charge is 0.346 e. The molecule has 0 aliphatic heterocycles. The summed E-state index contributed by atoms with van der Waals surface area (Å²) in [6.45, 7) is 0.839. The highest BCUT2D eigenvalue weighted by atomic mass is 16.2. The molecule has 0 aliphatic rings. The molecule has 4 rings (SSSR count). The molecule has 7 heteroatoms. The number of benzene rings is 2. The third-order valence-electron chi connectivity index (χ3n) is 5.28. The minimum Gasteiger partial charge on any atom is -0.346 e. The molecule has 4 aromatic rings. The van der Waals surface area contributed by atoms with Crippen molar-refractivity contribution in [1.29, 1.82) is 0 Å². The summed E-state index contributed by atoms with van der Waals surface area (Å²) in [4.78, 5) is 41.4. The number of fused-ring (bicyclic) bond motifs is 1. The van der Waals surface area contributed by atoms with Gasteiger partial charge in [-0.3, -0.25) is 14.4 Å². The van der Waals surface area contributed by atoms with Crippen molar-refractivity contribution in [2.24, 2.45) is 7.05 Å². The fourth-order valence-corrected chi connectivity index (χ4v) is 3.68. The number of H-pyrrole nitrogens is 1. The van der Waals surface area contributed by atoms with Crippen LogP contribution in [0.3, 0.4) is 0 Å². The van der Waals surface area contributed by atoms with E-state index in [4.69, 9.17) is 0 Å². The van der Waals surface area contributed by atoms with Gasteiger partial charge in [-0.05, 0) is 55.6 Å². The average Bonchev–Trinajstić information content (AvgIpc) is 3.23. The molecule has 0 saturated heterocycles. The Balaban J connectivity index is 1.71. The van der Waals surface area contributed by atoms with Crippen LogP contribution in [0.2, 0.25) is 0 Å². The number of rotatable bonds is 6. The SMILES string of the molecule is CN(C)Cc1ccc(-c2cn(C)c(=O)c3[nH]c(C(=O)Nc4ccc(C=O)cc4)cc23)cc1. The van der Waals surface area contributed by atoms with Crippen LogP contribution in [0.5, 0.6) is 0 Å². The van der Waals surface area contributed by atoms with Crippen molar-refractivity contribution in [3.63, 3.8) is 0 Å². The van der Waals surface area contributed by atoms with E-state index in [2.05, 4.69) is 27.3 Å². The van der Waals surface area contributed by atoms with E-state index in [1.807, 2.05) is 26.2 Å². The average molecular weight is 428 g/mol. The van der Waals surface area contributed by atoms with Crippen LogP contribution >= 0.6 is 0 Å². The highest BCUT2D eigenvalue weighted by Crippen LogP contribution is 2.28. The normalized spacial score (nSPS) is 11.1. The van der Waals surface area contributed by atoms with Gasteiger partial charge in [-0.25, -0.2) is 0 Å². The summed E-state index contributed by atoms with van der Waals surface area (Å²) in [6, 6.07) is 16.5. The summed E-state index contributed by atoms with van der Waals surface area (Å²) >= 11 is 0. The van der Waals surface area contributed by atoms with Crippen LogP contribution in [0.4, 0.5) is 5.69 Å². The first-order valence-electron chi connectivity index (χ1n) is 10.2. The summed E-state index contributed by atoms with van der Waals surface area (Å²) in [5.41, 5.74) is 4.56. The predicted octanol–water partition coefficient (Wildman–Crippen LogP) is 3.66. The predicted molar refractivity (Wildman–Crippen MR) is 126 cm³/mol. The van der Waals surface area contributed by atoms with Gasteiger partial charge in [0.1, 0.15) is 17.5 Å². The maximum absolute atomic E-state index is 12.8. The number of carbonyl (C=O) groups is 2. The van der Waals surface area contributed by atoms with E-state index < -0.39 is 0 Å². The van der Waals surface area contributed by atoms with E-state index in [9.17, 15) is 14.4 Å². The van der Waals surface area contributed by atoms with Crippen LogP contribution in [0.1, 0.15) is 26.4 Å². The summed E-state index contributed by atoms with van der Waals surface area (Å²) in [5.74, 6) is -0.366. The zero-order chi connectivity index (χ0) is 22.8. The van der Waals surface area contributed by atoms with Gasteiger partial charge in [-0.2, -0.15) is 0 Å². The number of aldehydes is 1. The number of aromatic nitrogens is 2. The van der Waals surface area contributed by atoms with Gasteiger partial charge < -0.3 is 19.8 Å². The molecular formula is C25H24N4O3. The Labute approximate surface area is 185 Å². The molecule has 32 heavy (non-hydrogen) atoms. The lowest BCUT2D eigenvalue weighted by molar-refractivity contribution is 0.102. The number of anilines is 1. The molecule has 0 unspecified atom stereocenters. The smallest absolute Gasteiger partial charge is 0.274 e. The lowest BCUT2D eigenvalue weighted by Crippen LogP contribution is -2.17. The van der Waals surface area contributed by atoms with Crippen molar-refractivity contribution < 1.29 is 9.59 Å². The molecule has 0 aliphatic carbocycles. The number of hydrogen-bond acceptors (Lipinski definition) is 4. The molecule has 0 saturated carbocycles. The van der Waals surface area contributed by atoms with Gasteiger partial charge in [0.25, 0.3) is 11.5 Å². The molecule has 7 nitrogen and oxygen atoms in total. The molecule has 0 fully saturated rings. The van der Waals surface area contributed by atoms with Gasteiger partial charge in [-0.15, -0.1) is 0 Å². The van der Waals surface area contributed by atoms with Crippen LogP contribution in [-0.4, -0.2) is 40.7 Å². The van der Waals surface area contributed by atoms with Crippen molar-refractivity contribution in [2.75, 3.05) is 19.4 Å². The monoisotopic (exact) mass is 428 g/mol. The molecule has 2 aromatic heterocycles. The quantitative estimate of drug-likeness (QED) is 0.459. The standard InChI is InChI=1S/C25H24N4O3/c1-28(2)13-16-4-8-18(9-5-16)21-14-29(3)25(32)23-20(21)12-22(27-23)24(31)26-19-10-6-17(15-30)7-11-19/h4-12,14-15,27H,13H2,1-3H3,(H,26,31). The van der Waals surface area contributed by atoms with E-state index >= 15 is 0 Å². The third kappa shape index (κ3) is 4.24. The van der Waals surface area contributed by atoms with E-state index in [1.54, 1.807) is 43.6 Å². The zero-order valence-corrected chi connectivity index (χ0v) is 18.2. The van der Waals surface area contributed by atoms with Gasteiger partial charge in [0.05, 0.1) is 0 Å². The Kier molecular flexibility index (Phi) is 5.75. The van der Waals surface area contributed by atoms with Crippen molar-refractivity contribution in [1.82, 2.24) is 14.5 Å². The maximum atomic E-state index is 12.8. The van der Waals surface area contributed by atoms with Crippen molar-refractivity contribution >= 4 is 28.8 Å². The first-order chi connectivity index (χ1) is 15.4. The second-order valence-electron chi connectivity index (χ2n) is 8.06. The maximum Gasteiger partial charge on any atom is 0.274 e. The Morgan fingerprint density at radius 3 is 2.41 bits per heavy atom. The number of nitrogens with one attached hydrogen (secondary N) is 2. The highest BCUT2D eigenvalue weighted by molar-refractivity contribution is 6.08. The fourth-order valence-electron chi connectivity index (χ4n) is 3.68. The van der Waals surface area contributed by atoms with E-state index in [1.165, 1.54) is 10.1 Å². The molecule has 2 aromatic carbocycles. The number of pyridine rings is 1. The summed E-state index contributed by atoms with van der Waals surface area (Å²) < 4.78 is 1.52. The summed E-state index contributed by atoms with van der Waals surface area (Å²) in [5, 5.41) is 3.48. The molecule has 0 atom stereocenters. The van der Waals surface area contributed by atoms with E-state index in [0.29, 0.717) is 22.2 Å². The molecular weight excluding hydrogens is 404 g/mol. The zero-order valence-electron chi connectivity index (χ0n) is 18.2. The van der Waals surface area contributed by atoms with Crippen molar-refractivity contribution in [3.8, 4) is 11.1 Å². The van der Waals surface area contributed by atoms with Crippen LogP contribution < -0.4 is 10.9 Å². The number of aryl methyl sites for hydroxylation is 1. The Bertz CT molecular complexity index is 1350. The molecule has 1 amide bonds. The first-order valence-corrected chi connectivity index (χ1v) is 10.2. The number of aromatic amines is 1. The first kappa shape index (κ1) is 21.3. The van der Waals surface area contributed by atoms with Gasteiger partial charge >= 0.3 is 0 Å². The van der Waals surface area contributed by atoms with Crippen molar-refractivity contribution in [3.05, 3.63) is 88.0 Å². The molecule has 0 radical (unpaired) electrons. The Hall–Kier alpha value is -3.97. The molecule has 0 spiro atoms. The Morgan fingerprint density at radius 1 is 1.09 bits per heavy atom. The minimum absolute atomic E-state index is 0.206. The van der Waals surface area contributed by atoms with Crippen LogP contribution in [0, 0.1) is 0 Å². The number of amides is 1. The second kappa shape index (κ2) is 8.64. The van der Waals surface area contributed by atoms with Gasteiger partial charge in [0.15, 0.2) is 0 Å².